The molecule has 0 aromatic heterocycles. The van der Waals surface area contributed by atoms with Crippen LogP contribution in [-0.4, -0.2) is 11.5 Å². The SMILES string of the molecule is CC(=O)[C@H](C)CSC(c1ccccc1)(c1ccccc1)c1ccccc1. The van der Waals surface area contributed by atoms with Crippen molar-refractivity contribution in [1.82, 2.24) is 0 Å². The van der Waals surface area contributed by atoms with E-state index in [1.165, 1.54) is 16.7 Å². The van der Waals surface area contributed by atoms with Crippen LogP contribution in [0.15, 0.2) is 91.0 Å². The van der Waals surface area contributed by atoms with Crippen LogP contribution in [0.3, 0.4) is 0 Å². The monoisotopic (exact) mass is 360 g/mol. The summed E-state index contributed by atoms with van der Waals surface area (Å²) in [4.78, 5) is 11.9. The average Bonchev–Trinajstić information content (AvgIpc) is 2.70. The molecule has 0 amide bonds. The second kappa shape index (κ2) is 8.37. The highest BCUT2D eigenvalue weighted by molar-refractivity contribution is 8.00. The van der Waals surface area contributed by atoms with Gasteiger partial charge in [-0.05, 0) is 23.6 Å². The summed E-state index contributed by atoms with van der Waals surface area (Å²) in [6.07, 6.45) is 0. The minimum atomic E-state index is -0.340. The van der Waals surface area contributed by atoms with E-state index < -0.39 is 0 Å². The highest BCUT2D eigenvalue weighted by Crippen LogP contribution is 2.48. The molecule has 0 unspecified atom stereocenters. The highest BCUT2D eigenvalue weighted by atomic mass is 32.2. The summed E-state index contributed by atoms with van der Waals surface area (Å²) in [5.74, 6) is 1.03. The van der Waals surface area contributed by atoms with Gasteiger partial charge in [0.15, 0.2) is 0 Å². The van der Waals surface area contributed by atoms with Gasteiger partial charge in [0.05, 0.1) is 4.75 Å². The van der Waals surface area contributed by atoms with Crippen LogP contribution in [-0.2, 0) is 9.54 Å². The molecule has 0 aliphatic rings. The van der Waals surface area contributed by atoms with Crippen LogP contribution < -0.4 is 0 Å². The van der Waals surface area contributed by atoms with E-state index in [1.54, 1.807) is 6.92 Å². The lowest BCUT2D eigenvalue weighted by molar-refractivity contribution is -0.119. The largest absolute Gasteiger partial charge is 0.300 e. The Bertz CT molecular complexity index is 731. The highest BCUT2D eigenvalue weighted by Gasteiger charge is 2.37. The lowest BCUT2D eigenvalue weighted by atomic mass is 9.84. The zero-order chi connectivity index (χ0) is 18.4. The van der Waals surface area contributed by atoms with E-state index in [-0.39, 0.29) is 16.4 Å². The zero-order valence-electron chi connectivity index (χ0n) is 15.3. The van der Waals surface area contributed by atoms with E-state index in [1.807, 2.05) is 36.9 Å². The lowest BCUT2D eigenvalue weighted by Crippen LogP contribution is -2.27. The van der Waals surface area contributed by atoms with Gasteiger partial charge in [-0.3, -0.25) is 4.79 Å². The molecule has 0 N–H and O–H groups in total. The maximum atomic E-state index is 11.9. The third-order valence-corrected chi connectivity index (χ3v) is 6.59. The van der Waals surface area contributed by atoms with Gasteiger partial charge < -0.3 is 0 Å². The molecule has 1 atom stereocenters. The van der Waals surface area contributed by atoms with Gasteiger partial charge in [-0.25, -0.2) is 0 Å². The molecule has 0 aliphatic heterocycles. The number of carbonyl (C=O) groups is 1. The van der Waals surface area contributed by atoms with Gasteiger partial charge in [0, 0.05) is 11.7 Å². The second-order valence-corrected chi connectivity index (χ2v) is 7.84. The van der Waals surface area contributed by atoms with Gasteiger partial charge in [-0.2, -0.15) is 0 Å². The fourth-order valence-electron chi connectivity index (χ4n) is 3.14. The maximum Gasteiger partial charge on any atom is 0.133 e. The van der Waals surface area contributed by atoms with Gasteiger partial charge in [0.1, 0.15) is 5.78 Å². The molecule has 0 radical (unpaired) electrons. The first-order chi connectivity index (χ1) is 12.6. The van der Waals surface area contributed by atoms with Crippen molar-refractivity contribution in [2.75, 3.05) is 5.75 Å². The third-order valence-electron chi connectivity index (χ3n) is 4.78. The first-order valence-corrected chi connectivity index (χ1v) is 9.94. The predicted octanol–water partition coefficient (Wildman–Crippen LogP) is 5.94. The van der Waals surface area contributed by atoms with Crippen LogP contribution in [0.5, 0.6) is 0 Å². The standard InChI is InChI=1S/C24H24OS/c1-19(20(2)25)18-26-24(21-12-6-3-7-13-21,22-14-8-4-9-15-22)23-16-10-5-11-17-23/h3-17,19H,18H2,1-2H3/t19-/m1/s1. The number of ketones is 1. The molecule has 0 saturated carbocycles. The molecule has 0 spiro atoms. The molecule has 0 bridgehead atoms. The van der Waals surface area contributed by atoms with Crippen molar-refractivity contribution >= 4 is 17.5 Å². The van der Waals surface area contributed by atoms with E-state index >= 15 is 0 Å². The molecule has 0 fully saturated rings. The maximum absolute atomic E-state index is 11.9. The van der Waals surface area contributed by atoms with E-state index in [2.05, 4.69) is 72.8 Å². The van der Waals surface area contributed by atoms with E-state index in [0.29, 0.717) is 0 Å². The Kier molecular flexibility index (Phi) is 5.95. The Morgan fingerprint density at radius 3 is 1.42 bits per heavy atom. The molecular weight excluding hydrogens is 336 g/mol. The summed E-state index contributed by atoms with van der Waals surface area (Å²) in [6.45, 7) is 3.70. The first kappa shape index (κ1) is 18.5. The molecule has 132 valence electrons. The Morgan fingerprint density at radius 1 is 0.769 bits per heavy atom. The van der Waals surface area contributed by atoms with Crippen molar-refractivity contribution in [1.29, 1.82) is 0 Å². The third kappa shape index (κ3) is 3.76. The topological polar surface area (TPSA) is 17.1 Å². The Morgan fingerprint density at radius 2 is 1.12 bits per heavy atom. The van der Waals surface area contributed by atoms with Crippen LogP contribution in [0.4, 0.5) is 0 Å². The van der Waals surface area contributed by atoms with Crippen LogP contribution in [0.2, 0.25) is 0 Å². The van der Waals surface area contributed by atoms with Crippen molar-refractivity contribution in [3.05, 3.63) is 108 Å². The number of benzene rings is 3. The summed E-state index contributed by atoms with van der Waals surface area (Å²) < 4.78 is -0.340. The first-order valence-electron chi connectivity index (χ1n) is 8.95. The number of Topliss-reactive ketones (excluding diaryl/α,β-unsaturated/α-hetero) is 1. The van der Waals surface area contributed by atoms with Crippen LogP contribution >= 0.6 is 11.8 Å². The number of hydrogen-bond donors (Lipinski definition) is 0. The van der Waals surface area contributed by atoms with E-state index in [9.17, 15) is 4.79 Å². The average molecular weight is 361 g/mol. The molecule has 0 aliphatic carbocycles. The van der Waals surface area contributed by atoms with Crippen LogP contribution in [0.1, 0.15) is 30.5 Å². The molecule has 3 rings (SSSR count). The molecule has 0 heterocycles. The molecule has 2 heteroatoms. The van der Waals surface area contributed by atoms with Crippen molar-refractivity contribution in [3.8, 4) is 0 Å². The van der Waals surface area contributed by atoms with Gasteiger partial charge in [0.2, 0.25) is 0 Å². The van der Waals surface area contributed by atoms with Crippen molar-refractivity contribution < 1.29 is 4.79 Å². The van der Waals surface area contributed by atoms with Crippen LogP contribution in [0, 0.1) is 5.92 Å². The predicted molar refractivity (Wildman–Crippen MR) is 112 cm³/mol. The normalized spacial score (nSPS) is 12.5. The number of hydrogen-bond acceptors (Lipinski definition) is 2. The Labute approximate surface area is 160 Å². The number of thioether (sulfide) groups is 1. The lowest BCUT2D eigenvalue weighted by Gasteiger charge is -2.36. The fraction of sp³-hybridized carbons (Fsp3) is 0.208. The minimum absolute atomic E-state index is 0.0236. The van der Waals surface area contributed by atoms with E-state index in [4.69, 9.17) is 0 Å². The summed E-state index contributed by atoms with van der Waals surface area (Å²) in [5.41, 5.74) is 3.70. The molecule has 0 saturated heterocycles. The number of rotatable bonds is 7. The Hall–Kier alpha value is -2.32. The Balaban J connectivity index is 2.19. The smallest absolute Gasteiger partial charge is 0.133 e. The van der Waals surface area contributed by atoms with Crippen molar-refractivity contribution in [2.45, 2.75) is 18.6 Å². The summed E-state index contributed by atoms with van der Waals surface area (Å²) >= 11 is 1.84. The molecule has 26 heavy (non-hydrogen) atoms. The number of carbonyl (C=O) groups excluding carboxylic acids is 1. The van der Waals surface area contributed by atoms with Crippen molar-refractivity contribution in [2.24, 2.45) is 5.92 Å². The summed E-state index contributed by atoms with van der Waals surface area (Å²) in [6, 6.07) is 31.8. The quantitative estimate of drug-likeness (QED) is 0.485. The molecule has 1 nitrogen and oxygen atoms in total. The second-order valence-electron chi connectivity index (χ2n) is 6.60. The molecule has 3 aromatic carbocycles. The summed E-state index contributed by atoms with van der Waals surface area (Å²) in [5, 5.41) is 0. The molecule has 3 aromatic rings. The zero-order valence-corrected chi connectivity index (χ0v) is 16.1. The van der Waals surface area contributed by atoms with Gasteiger partial charge in [-0.1, -0.05) is 97.9 Å². The fourth-order valence-corrected chi connectivity index (χ4v) is 4.78. The minimum Gasteiger partial charge on any atom is -0.300 e. The summed E-state index contributed by atoms with van der Waals surface area (Å²) in [7, 11) is 0. The van der Waals surface area contributed by atoms with E-state index in [0.717, 1.165) is 5.75 Å². The van der Waals surface area contributed by atoms with Gasteiger partial charge in [0.25, 0.3) is 0 Å². The van der Waals surface area contributed by atoms with Crippen molar-refractivity contribution in [3.63, 3.8) is 0 Å². The van der Waals surface area contributed by atoms with Gasteiger partial charge >= 0.3 is 0 Å². The molecular formula is C24H24OS. The van der Waals surface area contributed by atoms with Crippen LogP contribution in [0.25, 0.3) is 0 Å². The van der Waals surface area contributed by atoms with Gasteiger partial charge in [-0.15, -0.1) is 11.8 Å².